The van der Waals surface area contributed by atoms with Crippen LogP contribution in [0.2, 0.25) is 0 Å². The molecule has 1 N–H and O–H groups in total. The highest BCUT2D eigenvalue weighted by molar-refractivity contribution is 7.20. The van der Waals surface area contributed by atoms with Crippen molar-refractivity contribution in [3.63, 3.8) is 0 Å². The molecule has 6 heteroatoms. The lowest BCUT2D eigenvalue weighted by molar-refractivity contribution is -0.0122. The summed E-state index contributed by atoms with van der Waals surface area (Å²) in [5, 5.41) is 5.36. The van der Waals surface area contributed by atoms with Gasteiger partial charge in [-0.15, -0.1) is 11.3 Å². The zero-order chi connectivity index (χ0) is 13.4. The minimum Gasteiger partial charge on any atom is -0.270 e. The van der Waals surface area contributed by atoms with Crippen molar-refractivity contribution in [2.75, 3.05) is 0 Å². The number of carbonyl (C=O) groups excluding carboxylic acids is 1. The van der Waals surface area contributed by atoms with Crippen LogP contribution in [-0.4, -0.2) is 21.8 Å². The van der Waals surface area contributed by atoms with Crippen molar-refractivity contribution in [3.05, 3.63) is 16.6 Å². The Morgan fingerprint density at radius 1 is 1.53 bits per heavy atom. The molecule has 2 aromatic rings. The van der Waals surface area contributed by atoms with Gasteiger partial charge in [0.1, 0.15) is 4.83 Å². The third-order valence-electron chi connectivity index (χ3n) is 3.54. The van der Waals surface area contributed by atoms with Gasteiger partial charge in [-0.25, -0.2) is 5.48 Å². The van der Waals surface area contributed by atoms with Crippen LogP contribution in [0, 0.1) is 6.92 Å². The van der Waals surface area contributed by atoms with E-state index in [-0.39, 0.29) is 12.0 Å². The molecule has 0 bridgehead atoms. The maximum Gasteiger partial charge on any atom is 0.285 e. The number of nitrogens with one attached hydrogen (secondary N) is 1. The number of hydrogen-bond donors (Lipinski definition) is 1. The second kappa shape index (κ2) is 4.94. The highest BCUT2D eigenvalue weighted by atomic mass is 32.1. The van der Waals surface area contributed by atoms with Crippen molar-refractivity contribution >= 4 is 27.5 Å². The maximum absolute atomic E-state index is 12.0. The molecule has 1 fully saturated rings. The quantitative estimate of drug-likeness (QED) is 0.878. The monoisotopic (exact) mass is 279 g/mol. The SMILES string of the molecule is Cc1nn(C)c2sc(C(=O)NOC3CCCC3)cc12. The summed E-state index contributed by atoms with van der Waals surface area (Å²) in [7, 11) is 1.89. The number of nitrogens with zero attached hydrogens (tertiary/aromatic N) is 2. The average molecular weight is 279 g/mol. The number of thiophene rings is 1. The number of hydroxylamine groups is 1. The molecule has 0 saturated heterocycles. The Kier molecular flexibility index (Phi) is 3.28. The van der Waals surface area contributed by atoms with Gasteiger partial charge in [0.2, 0.25) is 0 Å². The second-order valence-corrected chi connectivity index (χ2v) is 6.02. The molecule has 5 nitrogen and oxygen atoms in total. The number of fused-ring (bicyclic) bond motifs is 1. The van der Waals surface area contributed by atoms with Gasteiger partial charge in [-0.3, -0.25) is 14.3 Å². The van der Waals surface area contributed by atoms with Crippen LogP contribution in [0.5, 0.6) is 0 Å². The molecule has 0 atom stereocenters. The van der Waals surface area contributed by atoms with Crippen LogP contribution >= 0.6 is 11.3 Å². The fourth-order valence-corrected chi connectivity index (χ4v) is 3.52. The van der Waals surface area contributed by atoms with Crippen molar-refractivity contribution < 1.29 is 9.63 Å². The number of amides is 1. The summed E-state index contributed by atoms with van der Waals surface area (Å²) in [4.78, 5) is 19.2. The van der Waals surface area contributed by atoms with Gasteiger partial charge in [-0.1, -0.05) is 12.8 Å². The summed E-state index contributed by atoms with van der Waals surface area (Å²) in [6, 6.07) is 1.88. The molecular weight excluding hydrogens is 262 g/mol. The van der Waals surface area contributed by atoms with Gasteiger partial charge in [0.15, 0.2) is 0 Å². The van der Waals surface area contributed by atoms with Gasteiger partial charge < -0.3 is 0 Å². The molecule has 0 aromatic carbocycles. The van der Waals surface area contributed by atoms with Gasteiger partial charge in [0.25, 0.3) is 5.91 Å². The normalized spacial score (nSPS) is 16.3. The summed E-state index contributed by atoms with van der Waals surface area (Å²) in [6.45, 7) is 1.95. The van der Waals surface area contributed by atoms with Crippen LogP contribution in [-0.2, 0) is 11.9 Å². The van der Waals surface area contributed by atoms with E-state index < -0.39 is 0 Å². The molecule has 1 amide bonds. The van der Waals surface area contributed by atoms with Gasteiger partial charge >= 0.3 is 0 Å². The molecule has 0 aliphatic heterocycles. The maximum atomic E-state index is 12.0. The molecule has 102 valence electrons. The fraction of sp³-hybridized carbons (Fsp3) is 0.538. The number of hydrogen-bond acceptors (Lipinski definition) is 4. The van der Waals surface area contributed by atoms with Crippen molar-refractivity contribution in [2.24, 2.45) is 7.05 Å². The Morgan fingerprint density at radius 2 is 2.26 bits per heavy atom. The van der Waals surface area contributed by atoms with E-state index in [9.17, 15) is 4.79 Å². The Labute approximate surface area is 115 Å². The first-order chi connectivity index (χ1) is 9.15. The van der Waals surface area contributed by atoms with Crippen LogP contribution < -0.4 is 5.48 Å². The molecule has 3 rings (SSSR count). The minimum atomic E-state index is -0.160. The van der Waals surface area contributed by atoms with Gasteiger partial charge in [0, 0.05) is 12.4 Å². The Hall–Kier alpha value is -1.40. The number of carbonyl (C=O) groups is 1. The topological polar surface area (TPSA) is 56.2 Å². The van der Waals surface area contributed by atoms with Crippen LogP contribution in [0.1, 0.15) is 41.0 Å². The van der Waals surface area contributed by atoms with E-state index in [4.69, 9.17) is 4.84 Å². The van der Waals surface area contributed by atoms with Crippen molar-refractivity contribution in [3.8, 4) is 0 Å². The van der Waals surface area contributed by atoms with E-state index in [1.54, 1.807) is 0 Å². The number of rotatable bonds is 3. The zero-order valence-electron chi connectivity index (χ0n) is 11.1. The molecule has 0 unspecified atom stereocenters. The zero-order valence-corrected chi connectivity index (χ0v) is 11.9. The van der Waals surface area contributed by atoms with Crippen LogP contribution in [0.15, 0.2) is 6.07 Å². The Bertz CT molecular complexity index is 576. The third kappa shape index (κ3) is 2.37. The molecule has 2 heterocycles. The lowest BCUT2D eigenvalue weighted by atomic mass is 10.3. The number of aryl methyl sites for hydroxylation is 2. The van der Waals surface area contributed by atoms with Crippen molar-refractivity contribution in [1.82, 2.24) is 15.3 Å². The standard InChI is InChI=1S/C13H17N3O2S/c1-8-10-7-11(19-13(10)16(2)14-8)12(17)15-18-9-5-3-4-6-9/h7,9H,3-6H2,1-2H3,(H,15,17). The minimum absolute atomic E-state index is 0.160. The third-order valence-corrected chi connectivity index (χ3v) is 4.74. The lowest BCUT2D eigenvalue weighted by Gasteiger charge is -2.10. The van der Waals surface area contributed by atoms with E-state index in [0.717, 1.165) is 28.8 Å². The molecule has 1 saturated carbocycles. The Balaban J connectivity index is 1.72. The summed E-state index contributed by atoms with van der Waals surface area (Å²) in [5.74, 6) is -0.160. The highest BCUT2D eigenvalue weighted by Gasteiger charge is 2.19. The smallest absolute Gasteiger partial charge is 0.270 e. The first-order valence-electron chi connectivity index (χ1n) is 6.54. The average Bonchev–Trinajstić information content (AvgIpc) is 3.08. The van der Waals surface area contributed by atoms with Gasteiger partial charge in [-0.2, -0.15) is 5.10 Å². The highest BCUT2D eigenvalue weighted by Crippen LogP contribution is 2.27. The molecular formula is C13H17N3O2S. The van der Waals surface area contributed by atoms with Gasteiger partial charge in [-0.05, 0) is 25.8 Å². The molecule has 1 aliphatic rings. The fourth-order valence-electron chi connectivity index (χ4n) is 2.51. The van der Waals surface area contributed by atoms with Crippen molar-refractivity contribution in [2.45, 2.75) is 38.7 Å². The molecule has 0 radical (unpaired) electrons. The van der Waals surface area contributed by atoms with E-state index in [2.05, 4.69) is 10.6 Å². The largest absolute Gasteiger partial charge is 0.285 e. The van der Waals surface area contributed by atoms with Crippen LogP contribution in [0.3, 0.4) is 0 Å². The lowest BCUT2D eigenvalue weighted by Crippen LogP contribution is -2.27. The predicted molar refractivity (Wildman–Crippen MR) is 74.1 cm³/mol. The van der Waals surface area contributed by atoms with Crippen LogP contribution in [0.25, 0.3) is 10.2 Å². The molecule has 1 aliphatic carbocycles. The first kappa shape index (κ1) is 12.6. The summed E-state index contributed by atoms with van der Waals surface area (Å²) >= 11 is 1.44. The summed E-state index contributed by atoms with van der Waals surface area (Å²) < 4.78 is 1.81. The van der Waals surface area contributed by atoms with E-state index in [1.807, 2.05) is 24.7 Å². The number of aromatic nitrogens is 2. The van der Waals surface area contributed by atoms with Crippen molar-refractivity contribution in [1.29, 1.82) is 0 Å². The summed E-state index contributed by atoms with van der Waals surface area (Å²) in [6.07, 6.45) is 4.63. The van der Waals surface area contributed by atoms with E-state index in [0.29, 0.717) is 4.88 Å². The second-order valence-electron chi connectivity index (χ2n) is 4.99. The molecule has 2 aromatic heterocycles. The summed E-state index contributed by atoms with van der Waals surface area (Å²) in [5.41, 5.74) is 3.52. The molecule has 19 heavy (non-hydrogen) atoms. The van der Waals surface area contributed by atoms with Gasteiger partial charge in [0.05, 0.1) is 16.7 Å². The first-order valence-corrected chi connectivity index (χ1v) is 7.36. The van der Waals surface area contributed by atoms with E-state index >= 15 is 0 Å². The van der Waals surface area contributed by atoms with E-state index in [1.165, 1.54) is 24.2 Å². The Morgan fingerprint density at radius 3 is 2.95 bits per heavy atom. The molecule has 0 spiro atoms. The predicted octanol–water partition coefficient (Wildman–Crippen LogP) is 2.55. The van der Waals surface area contributed by atoms with Crippen LogP contribution in [0.4, 0.5) is 0 Å².